The molecule has 1 N–H and O–H groups in total. The zero-order valence-electron chi connectivity index (χ0n) is 19.4. The number of amides is 2. The van der Waals surface area contributed by atoms with Crippen LogP contribution < -0.4 is 5.32 Å². The van der Waals surface area contributed by atoms with E-state index in [2.05, 4.69) is 24.8 Å². The van der Waals surface area contributed by atoms with Crippen molar-refractivity contribution in [2.45, 2.75) is 39.0 Å². The highest BCUT2D eigenvalue weighted by Gasteiger charge is 2.27. The number of nitrogens with zero attached hydrogens (tertiary/aromatic N) is 5. The summed E-state index contributed by atoms with van der Waals surface area (Å²) >= 11 is 0. The van der Waals surface area contributed by atoms with Crippen LogP contribution in [0.5, 0.6) is 0 Å². The molecule has 33 heavy (non-hydrogen) atoms. The molecule has 1 aliphatic rings. The minimum absolute atomic E-state index is 0.00293. The summed E-state index contributed by atoms with van der Waals surface area (Å²) in [5, 5.41) is 11.6. The van der Waals surface area contributed by atoms with Crippen molar-refractivity contribution in [3.8, 4) is 0 Å². The van der Waals surface area contributed by atoms with Crippen LogP contribution >= 0.6 is 0 Å². The second-order valence-electron chi connectivity index (χ2n) is 8.72. The van der Waals surface area contributed by atoms with Crippen molar-refractivity contribution in [1.82, 2.24) is 24.4 Å². The van der Waals surface area contributed by atoms with Crippen LogP contribution in [0.2, 0.25) is 0 Å². The molecule has 1 aliphatic heterocycles. The Morgan fingerprint density at radius 2 is 1.85 bits per heavy atom. The number of hydrogen-bond acceptors (Lipinski definition) is 5. The van der Waals surface area contributed by atoms with Crippen LogP contribution in [-0.2, 0) is 9.59 Å². The number of carbonyl (C=O) groups is 2. The third-order valence-electron chi connectivity index (χ3n) is 6.25. The number of aryl methyl sites for hydroxylation is 1. The number of anilines is 1. The Hall–Kier alpha value is -3.26. The van der Waals surface area contributed by atoms with Gasteiger partial charge in [0.25, 0.3) is 0 Å². The van der Waals surface area contributed by atoms with E-state index in [1.54, 1.807) is 4.90 Å². The van der Waals surface area contributed by atoms with Crippen LogP contribution in [0, 0.1) is 6.92 Å². The Morgan fingerprint density at radius 3 is 2.61 bits per heavy atom. The molecule has 174 valence electrons. The standard InChI is InChI=1S/C25H32N6O2/c1-3-13-30(17-23(32)26-21-9-5-4-8-19(21)2)24(33)18-29-15-11-20(12-16-29)25-28-27-22-10-6-7-14-31(22)25/h4-10,14,20H,3,11-13,15-18H2,1-2H3,(H,26,32). The summed E-state index contributed by atoms with van der Waals surface area (Å²) in [5.41, 5.74) is 2.65. The summed E-state index contributed by atoms with van der Waals surface area (Å²) < 4.78 is 2.06. The van der Waals surface area contributed by atoms with Crippen LogP contribution in [0.25, 0.3) is 5.65 Å². The van der Waals surface area contributed by atoms with E-state index in [4.69, 9.17) is 0 Å². The molecule has 2 amide bonds. The number of fused-ring (bicyclic) bond motifs is 1. The average Bonchev–Trinajstić information content (AvgIpc) is 3.25. The summed E-state index contributed by atoms with van der Waals surface area (Å²) in [6, 6.07) is 13.6. The number of rotatable bonds is 8. The molecule has 0 atom stereocenters. The van der Waals surface area contributed by atoms with Gasteiger partial charge >= 0.3 is 0 Å². The third-order valence-corrected chi connectivity index (χ3v) is 6.25. The van der Waals surface area contributed by atoms with E-state index >= 15 is 0 Å². The summed E-state index contributed by atoms with van der Waals surface area (Å²) in [6.45, 7) is 6.61. The number of pyridine rings is 1. The first-order valence-electron chi connectivity index (χ1n) is 11.7. The second kappa shape index (κ2) is 10.6. The fourth-order valence-corrected chi connectivity index (χ4v) is 4.42. The van der Waals surface area contributed by atoms with Crippen molar-refractivity contribution < 1.29 is 9.59 Å². The minimum atomic E-state index is -0.163. The van der Waals surface area contributed by atoms with Gasteiger partial charge in [0, 0.05) is 24.3 Å². The van der Waals surface area contributed by atoms with E-state index < -0.39 is 0 Å². The number of aromatic nitrogens is 3. The SMILES string of the molecule is CCCN(CC(=O)Nc1ccccc1C)C(=O)CN1CCC(c2nnc3ccccn23)CC1. The first-order valence-corrected chi connectivity index (χ1v) is 11.7. The number of likely N-dealkylation sites (tertiary alicyclic amines) is 1. The fourth-order valence-electron chi connectivity index (χ4n) is 4.42. The Kier molecular flexibility index (Phi) is 7.34. The van der Waals surface area contributed by atoms with Gasteiger partial charge in [-0.15, -0.1) is 10.2 Å². The molecule has 0 unspecified atom stereocenters. The molecule has 1 fully saturated rings. The van der Waals surface area contributed by atoms with E-state index in [-0.39, 0.29) is 18.4 Å². The minimum Gasteiger partial charge on any atom is -0.332 e. The number of para-hydroxylation sites is 1. The van der Waals surface area contributed by atoms with E-state index in [0.717, 1.165) is 55.1 Å². The summed E-state index contributed by atoms with van der Waals surface area (Å²) in [7, 11) is 0. The molecule has 8 nitrogen and oxygen atoms in total. The number of hydrogen-bond donors (Lipinski definition) is 1. The predicted octanol–water partition coefficient (Wildman–Crippen LogP) is 3.09. The summed E-state index contributed by atoms with van der Waals surface area (Å²) in [5.74, 6) is 1.17. The number of nitrogens with one attached hydrogen (secondary N) is 1. The zero-order valence-corrected chi connectivity index (χ0v) is 19.4. The van der Waals surface area contributed by atoms with Gasteiger partial charge in [0.2, 0.25) is 11.8 Å². The van der Waals surface area contributed by atoms with Crippen LogP contribution in [0.15, 0.2) is 48.7 Å². The van der Waals surface area contributed by atoms with E-state index in [9.17, 15) is 9.59 Å². The van der Waals surface area contributed by atoms with Crippen molar-refractivity contribution in [2.24, 2.45) is 0 Å². The van der Waals surface area contributed by atoms with Gasteiger partial charge in [-0.1, -0.05) is 31.2 Å². The van der Waals surface area contributed by atoms with Crippen molar-refractivity contribution in [3.63, 3.8) is 0 Å². The quantitative estimate of drug-likeness (QED) is 0.573. The smallest absolute Gasteiger partial charge is 0.244 e. The largest absolute Gasteiger partial charge is 0.332 e. The summed E-state index contributed by atoms with van der Waals surface area (Å²) in [6.07, 6.45) is 4.69. The maximum Gasteiger partial charge on any atom is 0.244 e. The van der Waals surface area contributed by atoms with Gasteiger partial charge in [-0.2, -0.15) is 0 Å². The van der Waals surface area contributed by atoms with Crippen molar-refractivity contribution in [1.29, 1.82) is 0 Å². The van der Waals surface area contributed by atoms with E-state index in [1.807, 2.05) is 62.5 Å². The van der Waals surface area contributed by atoms with Crippen LogP contribution in [-0.4, -0.2) is 68.9 Å². The number of carbonyl (C=O) groups excluding carboxylic acids is 2. The molecular formula is C25H32N6O2. The fraction of sp³-hybridized carbons (Fsp3) is 0.440. The second-order valence-corrected chi connectivity index (χ2v) is 8.72. The molecule has 0 spiro atoms. The van der Waals surface area contributed by atoms with Crippen molar-refractivity contribution >= 4 is 23.1 Å². The lowest BCUT2D eigenvalue weighted by molar-refractivity contribution is -0.136. The highest BCUT2D eigenvalue weighted by molar-refractivity contribution is 5.95. The monoisotopic (exact) mass is 448 g/mol. The van der Waals surface area contributed by atoms with E-state index in [0.29, 0.717) is 19.0 Å². The first-order chi connectivity index (χ1) is 16.0. The Morgan fingerprint density at radius 1 is 1.09 bits per heavy atom. The van der Waals surface area contributed by atoms with E-state index in [1.165, 1.54) is 0 Å². The number of piperidine rings is 1. The summed E-state index contributed by atoms with van der Waals surface area (Å²) in [4.78, 5) is 29.5. The van der Waals surface area contributed by atoms with Gasteiger partial charge in [-0.25, -0.2) is 0 Å². The van der Waals surface area contributed by atoms with Crippen molar-refractivity contribution in [3.05, 3.63) is 60.0 Å². The van der Waals surface area contributed by atoms with Crippen LogP contribution in [0.1, 0.15) is 43.5 Å². The third kappa shape index (κ3) is 5.57. The lowest BCUT2D eigenvalue weighted by atomic mass is 9.96. The van der Waals surface area contributed by atoms with Gasteiger partial charge in [0.05, 0.1) is 13.1 Å². The average molecular weight is 449 g/mol. The van der Waals surface area contributed by atoms with Crippen molar-refractivity contribution in [2.75, 3.05) is 38.0 Å². The van der Waals surface area contributed by atoms with Gasteiger partial charge < -0.3 is 10.2 Å². The van der Waals surface area contributed by atoms with Gasteiger partial charge in [0.1, 0.15) is 5.82 Å². The van der Waals surface area contributed by atoms with Crippen LogP contribution in [0.3, 0.4) is 0 Å². The molecule has 0 bridgehead atoms. The Bertz CT molecular complexity index is 1100. The molecule has 8 heteroatoms. The highest BCUT2D eigenvalue weighted by Crippen LogP contribution is 2.27. The molecule has 4 rings (SSSR count). The number of benzene rings is 1. The predicted molar refractivity (Wildman–Crippen MR) is 128 cm³/mol. The lowest BCUT2D eigenvalue weighted by Crippen LogP contribution is -2.46. The first kappa shape index (κ1) is 22.9. The lowest BCUT2D eigenvalue weighted by Gasteiger charge is -2.32. The molecule has 1 aromatic carbocycles. The zero-order chi connectivity index (χ0) is 23.2. The van der Waals surface area contributed by atoms with Crippen LogP contribution in [0.4, 0.5) is 5.69 Å². The molecule has 0 saturated carbocycles. The molecule has 1 saturated heterocycles. The highest BCUT2D eigenvalue weighted by atomic mass is 16.2. The maximum absolute atomic E-state index is 13.0. The molecule has 0 aliphatic carbocycles. The Labute approximate surface area is 194 Å². The molecule has 2 aromatic heterocycles. The molecule has 0 radical (unpaired) electrons. The maximum atomic E-state index is 13.0. The molecule has 3 aromatic rings. The van der Waals surface area contributed by atoms with Gasteiger partial charge in [0.15, 0.2) is 5.65 Å². The molecular weight excluding hydrogens is 416 g/mol. The van der Waals surface area contributed by atoms with Gasteiger partial charge in [-0.3, -0.25) is 18.9 Å². The molecule has 3 heterocycles. The normalized spacial score (nSPS) is 15.0. The topological polar surface area (TPSA) is 82.8 Å². The Balaban J connectivity index is 1.30. The van der Waals surface area contributed by atoms with Gasteiger partial charge in [-0.05, 0) is 63.0 Å².